The number of hydrogen-bond acceptors (Lipinski definition) is 6. The predicted molar refractivity (Wildman–Crippen MR) is 164 cm³/mol. The number of pyridine rings is 1. The van der Waals surface area contributed by atoms with Crippen LogP contribution in [-0.2, 0) is 5.44 Å². The van der Waals surface area contributed by atoms with E-state index in [-0.39, 0.29) is 5.82 Å². The van der Waals surface area contributed by atoms with E-state index >= 15 is 0 Å². The third-order valence-electron chi connectivity index (χ3n) is 7.57. The first-order chi connectivity index (χ1) is 20.4. The highest BCUT2D eigenvalue weighted by atomic mass is 35.5. The van der Waals surface area contributed by atoms with Crippen LogP contribution in [0.4, 0.5) is 21.5 Å². The third kappa shape index (κ3) is 4.60. The van der Waals surface area contributed by atoms with E-state index in [1.807, 2.05) is 59.4 Å². The summed E-state index contributed by atoms with van der Waals surface area (Å²) >= 11 is 6.79. The highest BCUT2D eigenvalue weighted by Crippen LogP contribution is 2.39. The van der Waals surface area contributed by atoms with Crippen molar-refractivity contribution in [3.8, 4) is 6.07 Å². The zero-order valence-electron chi connectivity index (χ0n) is 22.2. The summed E-state index contributed by atoms with van der Waals surface area (Å²) in [4.78, 5) is 4.49. The highest BCUT2D eigenvalue weighted by Gasteiger charge is 2.34. The lowest BCUT2D eigenvalue weighted by molar-refractivity contribution is 0.610. The first kappa shape index (κ1) is 26.0. The van der Waals surface area contributed by atoms with E-state index in [0.29, 0.717) is 50.2 Å². The van der Waals surface area contributed by atoms with Gasteiger partial charge in [-0.15, -0.1) is 5.10 Å². The number of halogens is 2. The Labute approximate surface area is 247 Å². The number of aromatic nitrogens is 4. The fourth-order valence-corrected chi connectivity index (χ4v) is 5.49. The van der Waals surface area contributed by atoms with Crippen molar-refractivity contribution in [1.29, 1.82) is 5.26 Å². The molecule has 42 heavy (non-hydrogen) atoms. The number of nitrogens with one attached hydrogen (secondary N) is 2. The van der Waals surface area contributed by atoms with E-state index in [2.05, 4.69) is 32.0 Å². The van der Waals surface area contributed by atoms with Gasteiger partial charge < -0.3 is 10.6 Å². The van der Waals surface area contributed by atoms with Crippen LogP contribution in [0.25, 0.3) is 21.7 Å². The molecular weight excluding hydrogens is 548 g/mol. The number of benzene rings is 4. The van der Waals surface area contributed by atoms with E-state index in [4.69, 9.17) is 19.4 Å². The minimum Gasteiger partial charge on any atom is -0.378 e. The molecule has 10 heteroatoms. The zero-order valence-corrected chi connectivity index (χ0v) is 23.0. The first-order valence-corrected chi connectivity index (χ1v) is 13.8. The maximum absolute atomic E-state index is 13.9. The lowest BCUT2D eigenvalue weighted by Gasteiger charge is -2.32. The molecule has 2 heterocycles. The van der Waals surface area contributed by atoms with Crippen molar-refractivity contribution in [3.63, 3.8) is 0 Å². The van der Waals surface area contributed by atoms with Gasteiger partial charge in [0.1, 0.15) is 25.4 Å². The van der Waals surface area contributed by atoms with E-state index in [9.17, 15) is 9.65 Å². The van der Waals surface area contributed by atoms with Crippen molar-refractivity contribution in [1.82, 2.24) is 20.0 Å². The van der Waals surface area contributed by atoms with Crippen LogP contribution in [0.1, 0.15) is 35.7 Å². The topological polar surface area (TPSA) is 91.5 Å². The summed E-state index contributed by atoms with van der Waals surface area (Å²) in [5.74, 6) is -0.379. The molecule has 0 spiro atoms. The Hall–Kier alpha value is -4.94. The van der Waals surface area contributed by atoms with Gasteiger partial charge in [-0.1, -0.05) is 65.3 Å². The van der Waals surface area contributed by atoms with Crippen LogP contribution >= 0.6 is 11.6 Å². The summed E-state index contributed by atoms with van der Waals surface area (Å²) < 4.78 is 15.7. The van der Waals surface area contributed by atoms with Crippen molar-refractivity contribution in [2.45, 2.75) is 24.3 Å². The van der Waals surface area contributed by atoms with Gasteiger partial charge in [-0.05, 0) is 54.1 Å². The molecule has 1 unspecified atom stereocenters. The Morgan fingerprint density at radius 3 is 2.60 bits per heavy atom. The van der Waals surface area contributed by atoms with Crippen molar-refractivity contribution in [2.24, 2.45) is 0 Å². The fourth-order valence-electron chi connectivity index (χ4n) is 5.22. The van der Waals surface area contributed by atoms with E-state index in [1.165, 1.54) is 18.3 Å². The highest BCUT2D eigenvalue weighted by molar-refractivity contribution is 6.36. The largest absolute Gasteiger partial charge is 0.378 e. The van der Waals surface area contributed by atoms with Gasteiger partial charge in [0.25, 0.3) is 0 Å². The van der Waals surface area contributed by atoms with Crippen molar-refractivity contribution in [2.75, 3.05) is 10.6 Å². The van der Waals surface area contributed by atoms with Gasteiger partial charge in [-0.25, -0.2) is 9.07 Å². The van der Waals surface area contributed by atoms with Gasteiger partial charge in [0, 0.05) is 28.3 Å². The van der Waals surface area contributed by atoms with Crippen LogP contribution < -0.4 is 10.6 Å². The molecule has 1 saturated carbocycles. The summed E-state index contributed by atoms with van der Waals surface area (Å²) in [6.45, 7) is 0. The van der Waals surface area contributed by atoms with Gasteiger partial charge >= 0.3 is 0 Å². The molecule has 1 fully saturated rings. The number of rotatable bonds is 7. The van der Waals surface area contributed by atoms with Crippen molar-refractivity contribution in [3.05, 3.63) is 119 Å². The first-order valence-electron chi connectivity index (χ1n) is 13.5. The van der Waals surface area contributed by atoms with Crippen LogP contribution in [0.15, 0.2) is 91.3 Å². The smallest absolute Gasteiger partial charge is 0.123 e. The van der Waals surface area contributed by atoms with Gasteiger partial charge in [-0.2, -0.15) is 5.26 Å². The Kier molecular flexibility index (Phi) is 6.29. The van der Waals surface area contributed by atoms with Gasteiger partial charge in [-0.3, -0.25) is 4.98 Å². The summed E-state index contributed by atoms with van der Waals surface area (Å²) in [5, 5.41) is 28.6. The Morgan fingerprint density at radius 1 is 1.02 bits per heavy atom. The van der Waals surface area contributed by atoms with Crippen molar-refractivity contribution < 1.29 is 4.39 Å². The Balaban J connectivity index is 1.36. The normalized spacial score (nSPS) is 14.4. The van der Waals surface area contributed by atoms with Gasteiger partial charge in [0.15, 0.2) is 0 Å². The molecule has 7 rings (SSSR count). The summed E-state index contributed by atoms with van der Waals surface area (Å²) in [6.07, 6.45) is 5.40. The number of anilines is 3. The Bertz CT molecular complexity index is 2010. The average Bonchev–Trinajstić information content (AvgIpc) is 3.73. The van der Waals surface area contributed by atoms with Crippen LogP contribution in [0.2, 0.25) is 5.02 Å². The van der Waals surface area contributed by atoms with Gasteiger partial charge in [0.05, 0.1) is 39.5 Å². The second kappa shape index (κ2) is 10.2. The van der Waals surface area contributed by atoms with E-state index < -0.39 is 5.44 Å². The lowest BCUT2D eigenvalue weighted by atomic mass is 9.69. The molecule has 4 aromatic carbocycles. The van der Waals surface area contributed by atoms with Crippen molar-refractivity contribution >= 4 is 58.2 Å². The summed E-state index contributed by atoms with van der Waals surface area (Å²) in [7, 11) is 7.05. The second-order valence-electron chi connectivity index (χ2n) is 10.4. The number of nitrogens with zero attached hydrogens (tertiary/aromatic N) is 5. The Morgan fingerprint density at radius 2 is 1.81 bits per heavy atom. The maximum atomic E-state index is 13.9. The average molecular weight is 570 g/mol. The van der Waals surface area contributed by atoms with Gasteiger partial charge in [0.2, 0.25) is 0 Å². The van der Waals surface area contributed by atoms with Crippen LogP contribution in [0.5, 0.6) is 0 Å². The maximum Gasteiger partial charge on any atom is 0.123 e. The monoisotopic (exact) mass is 569 g/mol. The fraction of sp³-hybridized carbons (Fsp3) is 0.125. The molecule has 7 nitrogen and oxygen atoms in total. The number of fused-ring (bicyclic) bond motifs is 2. The SMILES string of the molecule is [B]C(Nc1cc(Cl)c2ncc(C#N)c(Nc3cccc4ccccc34)c2c1)(c1ccc(F)cc1)c1cn(C2CC2)nn1. The van der Waals surface area contributed by atoms with Crippen LogP contribution in [0, 0.1) is 17.1 Å². The zero-order chi connectivity index (χ0) is 28.8. The summed E-state index contributed by atoms with van der Waals surface area (Å²) in [6, 6.07) is 26.0. The minimum atomic E-state index is -1.37. The molecule has 0 bridgehead atoms. The molecule has 202 valence electrons. The minimum absolute atomic E-state index is 0.303. The molecule has 1 aliphatic carbocycles. The second-order valence-corrected chi connectivity index (χ2v) is 10.8. The number of hydrogen-bond donors (Lipinski definition) is 2. The quantitative estimate of drug-likeness (QED) is 0.198. The molecule has 0 aliphatic heterocycles. The molecule has 2 aromatic heterocycles. The number of nitriles is 1. The molecule has 1 atom stereocenters. The molecule has 2 radical (unpaired) electrons. The lowest BCUT2D eigenvalue weighted by Crippen LogP contribution is -2.37. The molecular formula is C32H22BClFN7. The van der Waals surface area contributed by atoms with E-state index in [0.717, 1.165) is 29.3 Å². The standard InChI is InChI=1S/C32H22BClFN7/c33-32(21-8-10-22(35)11-9-21,29-18-42(41-40-29)24-12-13-24)39-23-14-26-30(20(16-36)17-37-31(26)27(34)15-23)38-28-7-3-5-19-4-1-2-6-25(19)28/h1-11,14-15,17-18,24,39H,12-13H2,(H,37,38). The summed E-state index contributed by atoms with van der Waals surface area (Å²) in [5.41, 5.74) is 2.51. The van der Waals surface area contributed by atoms with Crippen LogP contribution in [0.3, 0.4) is 0 Å². The molecule has 2 N–H and O–H groups in total. The molecule has 0 saturated heterocycles. The van der Waals surface area contributed by atoms with Crippen LogP contribution in [-0.4, -0.2) is 27.8 Å². The predicted octanol–water partition coefficient (Wildman–Crippen LogP) is 7.20. The van der Waals surface area contributed by atoms with E-state index in [1.54, 1.807) is 18.2 Å². The molecule has 6 aromatic rings. The molecule has 1 aliphatic rings. The third-order valence-corrected chi connectivity index (χ3v) is 7.86. The molecule has 0 amide bonds.